The molecule has 0 aromatic heterocycles. The molecule has 2 aliphatic rings. The molecule has 1 aliphatic carbocycles. The van der Waals surface area contributed by atoms with Crippen LogP contribution in [0.3, 0.4) is 0 Å². The number of nitrogens with one attached hydrogen (secondary N) is 2. The predicted molar refractivity (Wildman–Crippen MR) is 109 cm³/mol. The summed E-state index contributed by atoms with van der Waals surface area (Å²) < 4.78 is 0. The molecule has 144 valence electrons. The zero-order valence-corrected chi connectivity index (χ0v) is 16.4. The van der Waals surface area contributed by atoms with E-state index in [1.54, 1.807) is 0 Å². The maximum Gasteiger partial charge on any atom is 0.227 e. The van der Waals surface area contributed by atoms with E-state index >= 15 is 0 Å². The number of unbranched alkanes of at least 4 members (excludes halogenated alkanes) is 1. The minimum Gasteiger partial charge on any atom is -0.326 e. The summed E-state index contributed by atoms with van der Waals surface area (Å²) in [7, 11) is 0. The SMILES string of the molecule is CCCCC1CCC(C(=O)Nc2ccc(CC3CCNCC3)cc2)CC1. The monoisotopic (exact) mass is 356 g/mol. The van der Waals surface area contributed by atoms with Gasteiger partial charge in [-0.1, -0.05) is 38.3 Å². The highest BCUT2D eigenvalue weighted by atomic mass is 16.1. The second kappa shape index (κ2) is 10.1. The maximum absolute atomic E-state index is 12.6. The topological polar surface area (TPSA) is 41.1 Å². The van der Waals surface area contributed by atoms with Gasteiger partial charge in [0.25, 0.3) is 0 Å². The molecule has 1 saturated carbocycles. The van der Waals surface area contributed by atoms with Gasteiger partial charge in [-0.2, -0.15) is 0 Å². The summed E-state index contributed by atoms with van der Waals surface area (Å²) in [6.07, 6.45) is 12.3. The summed E-state index contributed by atoms with van der Waals surface area (Å²) in [5.74, 6) is 2.10. The van der Waals surface area contributed by atoms with Gasteiger partial charge in [0.1, 0.15) is 0 Å². The van der Waals surface area contributed by atoms with Crippen molar-refractivity contribution in [2.75, 3.05) is 18.4 Å². The van der Waals surface area contributed by atoms with Crippen LogP contribution in [0.2, 0.25) is 0 Å². The number of hydrogen-bond acceptors (Lipinski definition) is 2. The molecule has 0 spiro atoms. The zero-order chi connectivity index (χ0) is 18.2. The van der Waals surface area contributed by atoms with Crippen LogP contribution in [0.5, 0.6) is 0 Å². The molecule has 1 saturated heterocycles. The number of carbonyl (C=O) groups excluding carboxylic acids is 1. The highest BCUT2D eigenvalue weighted by Crippen LogP contribution is 2.32. The molecule has 3 rings (SSSR count). The molecule has 1 aromatic rings. The fraction of sp³-hybridized carbons (Fsp3) is 0.696. The minimum atomic E-state index is 0.210. The largest absolute Gasteiger partial charge is 0.326 e. The van der Waals surface area contributed by atoms with Gasteiger partial charge in [-0.25, -0.2) is 0 Å². The first-order chi connectivity index (χ1) is 12.7. The maximum atomic E-state index is 12.6. The molecule has 3 nitrogen and oxygen atoms in total. The van der Waals surface area contributed by atoms with E-state index in [2.05, 4.69) is 41.8 Å². The van der Waals surface area contributed by atoms with E-state index in [1.807, 2.05) is 0 Å². The molecule has 26 heavy (non-hydrogen) atoms. The van der Waals surface area contributed by atoms with Crippen molar-refractivity contribution in [1.82, 2.24) is 5.32 Å². The highest BCUT2D eigenvalue weighted by molar-refractivity contribution is 5.92. The first-order valence-corrected chi connectivity index (χ1v) is 10.8. The van der Waals surface area contributed by atoms with Crippen molar-refractivity contribution in [3.05, 3.63) is 29.8 Å². The number of hydrogen-bond donors (Lipinski definition) is 2. The summed E-state index contributed by atoms with van der Waals surface area (Å²) in [5.41, 5.74) is 2.35. The van der Waals surface area contributed by atoms with Gasteiger partial charge >= 0.3 is 0 Å². The summed E-state index contributed by atoms with van der Waals surface area (Å²) in [6.45, 7) is 4.57. The van der Waals surface area contributed by atoms with Gasteiger partial charge in [0, 0.05) is 11.6 Å². The quantitative estimate of drug-likeness (QED) is 0.708. The smallest absolute Gasteiger partial charge is 0.227 e. The van der Waals surface area contributed by atoms with E-state index in [-0.39, 0.29) is 11.8 Å². The lowest BCUT2D eigenvalue weighted by molar-refractivity contribution is -0.121. The van der Waals surface area contributed by atoms with E-state index in [0.29, 0.717) is 0 Å². The lowest BCUT2D eigenvalue weighted by Crippen LogP contribution is -2.28. The summed E-state index contributed by atoms with van der Waals surface area (Å²) in [4.78, 5) is 12.6. The molecule has 2 fully saturated rings. The molecular weight excluding hydrogens is 320 g/mol. The first kappa shape index (κ1) is 19.4. The van der Waals surface area contributed by atoms with E-state index in [1.165, 1.54) is 50.5 Å². The Kier molecular flexibility index (Phi) is 7.55. The lowest BCUT2D eigenvalue weighted by Gasteiger charge is -2.27. The summed E-state index contributed by atoms with van der Waals surface area (Å²) in [5, 5.41) is 6.58. The average Bonchev–Trinajstić information content (AvgIpc) is 2.69. The molecule has 1 amide bonds. The van der Waals surface area contributed by atoms with Gasteiger partial charge in [-0.3, -0.25) is 4.79 Å². The average molecular weight is 357 g/mol. The Morgan fingerprint density at radius 2 is 1.69 bits per heavy atom. The predicted octanol–water partition coefficient (Wildman–Crippen LogP) is 5.16. The lowest BCUT2D eigenvalue weighted by atomic mass is 9.79. The highest BCUT2D eigenvalue weighted by Gasteiger charge is 2.26. The Balaban J connectivity index is 1.43. The molecule has 0 unspecified atom stereocenters. The van der Waals surface area contributed by atoms with Crippen LogP contribution in [0, 0.1) is 17.8 Å². The summed E-state index contributed by atoms with van der Waals surface area (Å²) in [6, 6.07) is 8.56. The number of piperidine rings is 1. The zero-order valence-electron chi connectivity index (χ0n) is 16.4. The van der Waals surface area contributed by atoms with E-state index in [0.717, 1.165) is 49.9 Å². The van der Waals surface area contributed by atoms with Crippen LogP contribution in [0.1, 0.15) is 70.3 Å². The Morgan fingerprint density at radius 3 is 2.35 bits per heavy atom. The molecule has 1 aliphatic heterocycles. The van der Waals surface area contributed by atoms with Crippen LogP contribution in [0.4, 0.5) is 5.69 Å². The number of carbonyl (C=O) groups is 1. The molecule has 0 radical (unpaired) electrons. The van der Waals surface area contributed by atoms with Crippen molar-refractivity contribution in [1.29, 1.82) is 0 Å². The van der Waals surface area contributed by atoms with Gasteiger partial charge in [0.15, 0.2) is 0 Å². The van der Waals surface area contributed by atoms with Crippen molar-refractivity contribution >= 4 is 11.6 Å². The van der Waals surface area contributed by atoms with Gasteiger partial charge in [0.05, 0.1) is 0 Å². The van der Waals surface area contributed by atoms with Crippen LogP contribution in [-0.2, 0) is 11.2 Å². The fourth-order valence-corrected chi connectivity index (χ4v) is 4.59. The molecule has 1 aromatic carbocycles. The standard InChI is InChI=1S/C23H36N2O/c1-2-3-4-18-5-9-21(10-6-18)23(26)25-22-11-7-19(8-12-22)17-20-13-15-24-16-14-20/h7-8,11-12,18,20-21,24H,2-6,9-10,13-17H2,1H3,(H,25,26). The van der Waals surface area contributed by atoms with Crippen molar-refractivity contribution in [3.63, 3.8) is 0 Å². The number of benzene rings is 1. The van der Waals surface area contributed by atoms with Gasteiger partial charge in [0.2, 0.25) is 5.91 Å². The third-order valence-corrected chi connectivity index (χ3v) is 6.39. The van der Waals surface area contributed by atoms with Crippen LogP contribution in [-0.4, -0.2) is 19.0 Å². The van der Waals surface area contributed by atoms with Gasteiger partial charge < -0.3 is 10.6 Å². The van der Waals surface area contributed by atoms with Gasteiger partial charge in [-0.15, -0.1) is 0 Å². The van der Waals surface area contributed by atoms with E-state index in [9.17, 15) is 4.79 Å². The molecule has 3 heteroatoms. The Labute approximate surface area is 159 Å². The second-order valence-corrected chi connectivity index (χ2v) is 8.44. The Morgan fingerprint density at radius 1 is 1.00 bits per heavy atom. The van der Waals surface area contributed by atoms with Crippen LogP contribution in [0.25, 0.3) is 0 Å². The third-order valence-electron chi connectivity index (χ3n) is 6.39. The van der Waals surface area contributed by atoms with Crippen molar-refractivity contribution < 1.29 is 4.79 Å². The molecule has 0 atom stereocenters. The number of rotatable bonds is 7. The summed E-state index contributed by atoms with van der Waals surface area (Å²) >= 11 is 0. The number of anilines is 1. The molecule has 1 heterocycles. The van der Waals surface area contributed by atoms with Crippen molar-refractivity contribution in [2.24, 2.45) is 17.8 Å². The molecule has 0 bridgehead atoms. The van der Waals surface area contributed by atoms with Crippen molar-refractivity contribution in [2.45, 2.75) is 71.1 Å². The van der Waals surface area contributed by atoms with Crippen LogP contribution < -0.4 is 10.6 Å². The van der Waals surface area contributed by atoms with E-state index < -0.39 is 0 Å². The van der Waals surface area contributed by atoms with E-state index in [4.69, 9.17) is 0 Å². The fourth-order valence-electron chi connectivity index (χ4n) is 4.59. The molecular formula is C23H36N2O. The van der Waals surface area contributed by atoms with Gasteiger partial charge in [-0.05, 0) is 87.6 Å². The Hall–Kier alpha value is -1.35. The third kappa shape index (κ3) is 5.84. The normalized spacial score (nSPS) is 24.3. The van der Waals surface area contributed by atoms with Crippen LogP contribution >= 0.6 is 0 Å². The number of amides is 1. The van der Waals surface area contributed by atoms with Crippen LogP contribution in [0.15, 0.2) is 24.3 Å². The van der Waals surface area contributed by atoms with Crippen molar-refractivity contribution in [3.8, 4) is 0 Å². The second-order valence-electron chi connectivity index (χ2n) is 8.44. The Bertz CT molecular complexity index is 540. The molecule has 2 N–H and O–H groups in total. The minimum absolute atomic E-state index is 0.210. The first-order valence-electron chi connectivity index (χ1n) is 10.8.